The average molecular weight is 312 g/mol. The normalized spacial score (nSPS) is 18.6. The summed E-state index contributed by atoms with van der Waals surface area (Å²) < 4.78 is 2.31. The van der Waals surface area contributed by atoms with E-state index in [9.17, 15) is 0 Å². The number of aryl methyl sites for hydroxylation is 3. The van der Waals surface area contributed by atoms with Crippen molar-refractivity contribution in [3.05, 3.63) is 47.8 Å². The number of hydrogen-bond donors (Lipinski definition) is 0. The lowest BCUT2D eigenvalue weighted by Gasteiger charge is -2.24. The summed E-state index contributed by atoms with van der Waals surface area (Å²) in [5, 5.41) is 0. The molecule has 0 saturated carbocycles. The molecule has 1 fully saturated rings. The molecule has 0 radical (unpaired) electrons. The molecule has 3 rings (SSSR count). The lowest BCUT2D eigenvalue weighted by molar-refractivity contribution is 0.226. The molecule has 3 heterocycles. The number of pyridine rings is 1. The predicted molar refractivity (Wildman–Crippen MR) is 93.2 cm³/mol. The molecule has 1 aliphatic heterocycles. The zero-order valence-corrected chi connectivity index (χ0v) is 14.4. The maximum Gasteiger partial charge on any atom is 0.122 e. The summed E-state index contributed by atoms with van der Waals surface area (Å²) in [4.78, 5) is 11.5. The highest BCUT2D eigenvalue weighted by atomic mass is 15.2. The van der Waals surface area contributed by atoms with Crippen molar-refractivity contribution in [3.63, 3.8) is 0 Å². The van der Waals surface area contributed by atoms with Crippen LogP contribution in [0.5, 0.6) is 0 Å². The standard InChI is InChI=1S/C19H28N4/c1-3-11-22-13-10-21-19(22)15-23-12-4-5-18(23)7-6-17-8-9-20-16(2)14-17/h8-10,13-14,18H,3-7,11-12,15H2,1-2H3/t18-/m0/s1. The molecule has 0 bridgehead atoms. The molecular weight excluding hydrogens is 284 g/mol. The van der Waals surface area contributed by atoms with Gasteiger partial charge in [0, 0.05) is 36.9 Å². The van der Waals surface area contributed by atoms with E-state index in [1.54, 1.807) is 0 Å². The first-order valence-corrected chi connectivity index (χ1v) is 8.92. The van der Waals surface area contributed by atoms with Crippen molar-refractivity contribution < 1.29 is 0 Å². The van der Waals surface area contributed by atoms with Gasteiger partial charge >= 0.3 is 0 Å². The third kappa shape index (κ3) is 4.20. The zero-order chi connectivity index (χ0) is 16.1. The first kappa shape index (κ1) is 16.2. The van der Waals surface area contributed by atoms with Crippen molar-refractivity contribution in [1.82, 2.24) is 19.4 Å². The summed E-state index contributed by atoms with van der Waals surface area (Å²) in [6, 6.07) is 5.06. The van der Waals surface area contributed by atoms with Crippen LogP contribution in [-0.4, -0.2) is 32.0 Å². The van der Waals surface area contributed by atoms with Gasteiger partial charge in [0.15, 0.2) is 0 Å². The molecule has 124 valence electrons. The van der Waals surface area contributed by atoms with Gasteiger partial charge in [0.05, 0.1) is 6.54 Å². The molecule has 0 spiro atoms. The van der Waals surface area contributed by atoms with Gasteiger partial charge in [-0.1, -0.05) is 6.92 Å². The molecule has 2 aromatic heterocycles. The molecule has 4 nitrogen and oxygen atoms in total. The van der Waals surface area contributed by atoms with Gasteiger partial charge in [0.1, 0.15) is 5.82 Å². The fourth-order valence-corrected chi connectivity index (χ4v) is 3.64. The SMILES string of the molecule is CCCn1ccnc1CN1CCC[C@H]1CCc1ccnc(C)c1. The van der Waals surface area contributed by atoms with Crippen LogP contribution in [0.25, 0.3) is 0 Å². The van der Waals surface area contributed by atoms with Crippen LogP contribution in [0.4, 0.5) is 0 Å². The van der Waals surface area contributed by atoms with Crippen molar-refractivity contribution in [2.24, 2.45) is 0 Å². The van der Waals surface area contributed by atoms with Crippen molar-refractivity contribution in [2.45, 2.75) is 65.1 Å². The van der Waals surface area contributed by atoms with Crippen molar-refractivity contribution >= 4 is 0 Å². The highest BCUT2D eigenvalue weighted by molar-refractivity contribution is 5.15. The van der Waals surface area contributed by atoms with Gasteiger partial charge in [-0.25, -0.2) is 4.98 Å². The number of imidazole rings is 1. The Morgan fingerprint density at radius 1 is 1.26 bits per heavy atom. The van der Waals surface area contributed by atoms with E-state index in [4.69, 9.17) is 0 Å². The van der Waals surface area contributed by atoms with Crippen LogP contribution >= 0.6 is 0 Å². The molecular formula is C19H28N4. The second-order valence-electron chi connectivity index (χ2n) is 6.65. The van der Waals surface area contributed by atoms with E-state index in [0.717, 1.165) is 31.6 Å². The monoisotopic (exact) mass is 312 g/mol. The van der Waals surface area contributed by atoms with Gasteiger partial charge in [-0.3, -0.25) is 9.88 Å². The van der Waals surface area contributed by atoms with Crippen molar-refractivity contribution in [1.29, 1.82) is 0 Å². The van der Waals surface area contributed by atoms with Gasteiger partial charge in [-0.15, -0.1) is 0 Å². The summed E-state index contributed by atoms with van der Waals surface area (Å²) >= 11 is 0. The van der Waals surface area contributed by atoms with E-state index in [2.05, 4.69) is 51.6 Å². The van der Waals surface area contributed by atoms with Crippen LogP contribution in [-0.2, 0) is 19.5 Å². The average Bonchev–Trinajstić information content (AvgIpc) is 3.16. The topological polar surface area (TPSA) is 34.0 Å². The number of hydrogen-bond acceptors (Lipinski definition) is 3. The van der Waals surface area contributed by atoms with Crippen LogP contribution in [0.15, 0.2) is 30.7 Å². The van der Waals surface area contributed by atoms with E-state index in [-0.39, 0.29) is 0 Å². The zero-order valence-electron chi connectivity index (χ0n) is 14.4. The Kier molecular flexibility index (Phi) is 5.44. The summed E-state index contributed by atoms with van der Waals surface area (Å²) in [6.45, 7) is 7.56. The minimum absolute atomic E-state index is 0.690. The molecule has 4 heteroatoms. The fourth-order valence-electron chi connectivity index (χ4n) is 3.64. The van der Waals surface area contributed by atoms with Crippen LogP contribution < -0.4 is 0 Å². The lowest BCUT2D eigenvalue weighted by Crippen LogP contribution is -2.30. The number of aromatic nitrogens is 3. The Bertz CT molecular complexity index is 619. The fraction of sp³-hybridized carbons (Fsp3) is 0.579. The molecule has 1 saturated heterocycles. The second-order valence-corrected chi connectivity index (χ2v) is 6.65. The van der Waals surface area contributed by atoms with Gasteiger partial charge in [-0.2, -0.15) is 0 Å². The quantitative estimate of drug-likeness (QED) is 0.783. The first-order chi connectivity index (χ1) is 11.3. The summed E-state index contributed by atoms with van der Waals surface area (Å²) in [5.41, 5.74) is 2.53. The largest absolute Gasteiger partial charge is 0.334 e. The molecule has 0 aromatic carbocycles. The number of nitrogens with zero attached hydrogens (tertiary/aromatic N) is 4. The van der Waals surface area contributed by atoms with Gasteiger partial charge in [0.25, 0.3) is 0 Å². The molecule has 0 unspecified atom stereocenters. The van der Waals surface area contributed by atoms with Crippen molar-refractivity contribution in [3.8, 4) is 0 Å². The molecule has 1 atom stereocenters. The van der Waals surface area contributed by atoms with E-state index in [1.807, 2.05) is 12.4 Å². The van der Waals surface area contributed by atoms with Crippen molar-refractivity contribution in [2.75, 3.05) is 6.54 Å². The highest BCUT2D eigenvalue weighted by Crippen LogP contribution is 2.23. The summed E-state index contributed by atoms with van der Waals surface area (Å²) in [5.74, 6) is 1.22. The third-order valence-corrected chi connectivity index (χ3v) is 4.84. The maximum atomic E-state index is 4.58. The lowest BCUT2D eigenvalue weighted by atomic mass is 10.0. The molecule has 0 aliphatic carbocycles. The van der Waals surface area contributed by atoms with E-state index in [1.165, 1.54) is 37.2 Å². The molecule has 0 N–H and O–H groups in total. The van der Waals surface area contributed by atoms with Crippen LogP contribution in [0, 0.1) is 6.92 Å². The number of likely N-dealkylation sites (tertiary alicyclic amines) is 1. The smallest absolute Gasteiger partial charge is 0.122 e. The van der Waals surface area contributed by atoms with E-state index in [0.29, 0.717) is 6.04 Å². The Morgan fingerprint density at radius 3 is 3.00 bits per heavy atom. The summed E-state index contributed by atoms with van der Waals surface area (Å²) in [7, 11) is 0. The third-order valence-electron chi connectivity index (χ3n) is 4.84. The molecule has 2 aromatic rings. The van der Waals surface area contributed by atoms with Crippen LogP contribution in [0.3, 0.4) is 0 Å². The van der Waals surface area contributed by atoms with Crippen LogP contribution in [0.2, 0.25) is 0 Å². The van der Waals surface area contributed by atoms with Gasteiger partial charge < -0.3 is 4.57 Å². The minimum atomic E-state index is 0.690. The second kappa shape index (κ2) is 7.73. The highest BCUT2D eigenvalue weighted by Gasteiger charge is 2.25. The van der Waals surface area contributed by atoms with Gasteiger partial charge in [0.2, 0.25) is 0 Å². The van der Waals surface area contributed by atoms with E-state index < -0.39 is 0 Å². The first-order valence-electron chi connectivity index (χ1n) is 8.92. The molecule has 23 heavy (non-hydrogen) atoms. The maximum absolute atomic E-state index is 4.58. The van der Waals surface area contributed by atoms with Gasteiger partial charge in [-0.05, 0) is 63.3 Å². The Balaban J connectivity index is 1.58. The van der Waals surface area contributed by atoms with E-state index >= 15 is 0 Å². The van der Waals surface area contributed by atoms with Crippen LogP contribution in [0.1, 0.15) is 49.7 Å². The molecule has 0 amide bonds. The Labute approximate surface area is 139 Å². The molecule has 1 aliphatic rings. The Hall–Kier alpha value is -1.68. The Morgan fingerprint density at radius 2 is 2.17 bits per heavy atom. The number of rotatable bonds is 7. The predicted octanol–water partition coefficient (Wildman–Crippen LogP) is 3.59. The summed E-state index contributed by atoms with van der Waals surface area (Å²) in [6.07, 6.45) is 12.2. The minimum Gasteiger partial charge on any atom is -0.334 e.